The van der Waals surface area contributed by atoms with Gasteiger partial charge in [0.05, 0.1) is 26.2 Å². The van der Waals surface area contributed by atoms with Crippen LogP contribution in [0.4, 0.5) is 5.95 Å². The molecule has 0 amide bonds. The zero-order valence-electron chi connectivity index (χ0n) is 10.2. The molecule has 0 spiro atoms. The van der Waals surface area contributed by atoms with Crippen molar-refractivity contribution >= 4 is 44.5 Å². The van der Waals surface area contributed by atoms with Crippen LogP contribution >= 0.6 is 27.5 Å². The van der Waals surface area contributed by atoms with E-state index in [9.17, 15) is 0 Å². The monoisotopic (exact) mass is 335 g/mol. The maximum Gasteiger partial charge on any atom is 0.205 e. The van der Waals surface area contributed by atoms with Gasteiger partial charge in [-0.2, -0.15) is 0 Å². The highest BCUT2D eigenvalue weighted by Gasteiger charge is 2.13. The molecule has 19 heavy (non-hydrogen) atoms. The number of fused-ring (bicyclic) bond motifs is 1. The molecule has 3 rings (SSSR count). The van der Waals surface area contributed by atoms with Crippen LogP contribution in [0.2, 0.25) is 5.02 Å². The third kappa shape index (κ3) is 2.01. The summed E-state index contributed by atoms with van der Waals surface area (Å²) in [5.74, 6) is 0.448. The van der Waals surface area contributed by atoms with Crippen LogP contribution in [0.1, 0.15) is 5.56 Å². The van der Waals surface area contributed by atoms with Crippen molar-refractivity contribution < 1.29 is 0 Å². The standard InChI is InChI=1S/C14H11BrClN3/c1-8-5-6-10-12(7-8)19(14(17)18-10)11-4-2-3-9(16)13(11)15/h2-7H,1H3,(H2,17,18). The van der Waals surface area contributed by atoms with Gasteiger partial charge in [0.1, 0.15) is 0 Å². The summed E-state index contributed by atoms with van der Waals surface area (Å²) in [5, 5.41) is 0.645. The van der Waals surface area contributed by atoms with Crippen LogP contribution in [-0.2, 0) is 0 Å². The van der Waals surface area contributed by atoms with Gasteiger partial charge in [-0.1, -0.05) is 23.7 Å². The van der Waals surface area contributed by atoms with Gasteiger partial charge in [0.2, 0.25) is 5.95 Å². The fourth-order valence-corrected chi connectivity index (χ4v) is 2.73. The second kappa shape index (κ2) is 4.54. The summed E-state index contributed by atoms with van der Waals surface area (Å²) in [6.07, 6.45) is 0. The van der Waals surface area contributed by atoms with Gasteiger partial charge in [-0.15, -0.1) is 0 Å². The van der Waals surface area contributed by atoms with Crippen LogP contribution in [0, 0.1) is 6.92 Å². The van der Waals surface area contributed by atoms with Gasteiger partial charge in [0, 0.05) is 0 Å². The molecule has 2 N–H and O–H groups in total. The van der Waals surface area contributed by atoms with Crippen LogP contribution < -0.4 is 5.73 Å². The maximum absolute atomic E-state index is 6.14. The molecule has 0 bridgehead atoms. The van der Waals surface area contributed by atoms with Gasteiger partial charge >= 0.3 is 0 Å². The highest BCUT2D eigenvalue weighted by molar-refractivity contribution is 9.10. The first-order valence-electron chi connectivity index (χ1n) is 5.77. The summed E-state index contributed by atoms with van der Waals surface area (Å²) < 4.78 is 2.71. The number of aromatic nitrogens is 2. The van der Waals surface area contributed by atoms with Gasteiger partial charge in [-0.05, 0) is 52.7 Å². The van der Waals surface area contributed by atoms with E-state index in [4.69, 9.17) is 17.3 Å². The van der Waals surface area contributed by atoms with E-state index in [0.29, 0.717) is 11.0 Å². The summed E-state index contributed by atoms with van der Waals surface area (Å²) in [6, 6.07) is 11.7. The van der Waals surface area contributed by atoms with Crippen molar-refractivity contribution in [1.29, 1.82) is 0 Å². The number of hydrogen-bond acceptors (Lipinski definition) is 2. The van der Waals surface area contributed by atoms with Gasteiger partial charge in [0.25, 0.3) is 0 Å². The Labute approximate surface area is 124 Å². The van der Waals surface area contributed by atoms with E-state index in [0.717, 1.165) is 26.8 Å². The summed E-state index contributed by atoms with van der Waals surface area (Å²) in [6.45, 7) is 2.04. The zero-order valence-corrected chi connectivity index (χ0v) is 12.5. The number of nitrogen functional groups attached to an aromatic ring is 1. The third-order valence-electron chi connectivity index (χ3n) is 3.01. The minimum atomic E-state index is 0.448. The number of imidazole rings is 1. The predicted molar refractivity (Wildman–Crippen MR) is 82.9 cm³/mol. The number of nitrogens with zero attached hydrogens (tertiary/aromatic N) is 2. The number of nitrogens with two attached hydrogens (primary N) is 1. The van der Waals surface area contributed by atoms with Crippen molar-refractivity contribution in [3.63, 3.8) is 0 Å². The van der Waals surface area contributed by atoms with Gasteiger partial charge in [0.15, 0.2) is 0 Å². The zero-order chi connectivity index (χ0) is 13.6. The van der Waals surface area contributed by atoms with Crippen molar-refractivity contribution in [2.45, 2.75) is 6.92 Å². The van der Waals surface area contributed by atoms with Crippen LogP contribution in [0.15, 0.2) is 40.9 Å². The summed E-state index contributed by atoms with van der Waals surface area (Å²) in [4.78, 5) is 4.38. The Morgan fingerprint density at radius 2 is 2.05 bits per heavy atom. The molecule has 0 saturated heterocycles. The lowest BCUT2D eigenvalue weighted by Crippen LogP contribution is -2.01. The average Bonchev–Trinajstić information content (AvgIpc) is 2.69. The molecule has 5 heteroatoms. The molecule has 0 aliphatic carbocycles. The Hall–Kier alpha value is -1.52. The first kappa shape index (κ1) is 12.5. The summed E-state index contributed by atoms with van der Waals surface area (Å²) >= 11 is 9.65. The molecule has 0 fully saturated rings. The molecule has 0 saturated carbocycles. The minimum Gasteiger partial charge on any atom is -0.369 e. The predicted octanol–water partition coefficient (Wildman–Crippen LogP) is 4.33. The van der Waals surface area contributed by atoms with Crippen molar-refractivity contribution in [3.8, 4) is 5.69 Å². The quantitative estimate of drug-likeness (QED) is 0.718. The molecule has 0 aliphatic rings. The van der Waals surface area contributed by atoms with Gasteiger partial charge < -0.3 is 5.73 Å². The molecular weight excluding hydrogens is 326 g/mol. The van der Waals surface area contributed by atoms with E-state index >= 15 is 0 Å². The molecule has 0 unspecified atom stereocenters. The smallest absolute Gasteiger partial charge is 0.205 e. The Kier molecular flexibility index (Phi) is 2.99. The van der Waals surface area contributed by atoms with Gasteiger partial charge in [-0.25, -0.2) is 4.98 Å². The number of rotatable bonds is 1. The van der Waals surface area contributed by atoms with Crippen molar-refractivity contribution in [1.82, 2.24) is 9.55 Å². The first-order valence-corrected chi connectivity index (χ1v) is 6.94. The van der Waals surface area contributed by atoms with Crippen LogP contribution in [0.3, 0.4) is 0 Å². The van der Waals surface area contributed by atoms with Crippen molar-refractivity contribution in [2.24, 2.45) is 0 Å². The van der Waals surface area contributed by atoms with E-state index in [1.54, 1.807) is 0 Å². The van der Waals surface area contributed by atoms with Crippen LogP contribution in [0.5, 0.6) is 0 Å². The molecule has 2 aromatic carbocycles. The van der Waals surface area contributed by atoms with Gasteiger partial charge in [-0.3, -0.25) is 4.57 Å². The van der Waals surface area contributed by atoms with E-state index in [1.165, 1.54) is 0 Å². The molecule has 0 atom stereocenters. The highest BCUT2D eigenvalue weighted by Crippen LogP contribution is 2.33. The second-order valence-electron chi connectivity index (χ2n) is 4.37. The van der Waals surface area contributed by atoms with Crippen molar-refractivity contribution in [3.05, 3.63) is 51.5 Å². The average molecular weight is 337 g/mol. The lowest BCUT2D eigenvalue weighted by Gasteiger charge is -2.10. The Balaban J connectivity index is 2.39. The first-order chi connectivity index (χ1) is 9.08. The lowest BCUT2D eigenvalue weighted by atomic mass is 10.2. The molecule has 96 valence electrons. The number of anilines is 1. The largest absolute Gasteiger partial charge is 0.369 e. The Morgan fingerprint density at radius 1 is 1.26 bits per heavy atom. The van der Waals surface area contributed by atoms with E-state index < -0.39 is 0 Å². The number of aryl methyl sites for hydroxylation is 1. The SMILES string of the molecule is Cc1ccc2nc(N)n(-c3cccc(Cl)c3Br)c2c1. The Bertz CT molecular complexity index is 780. The summed E-state index contributed by atoms with van der Waals surface area (Å²) in [7, 11) is 0. The fourth-order valence-electron chi connectivity index (χ4n) is 2.12. The van der Waals surface area contributed by atoms with Crippen molar-refractivity contribution in [2.75, 3.05) is 5.73 Å². The molecule has 0 aliphatic heterocycles. The third-order valence-corrected chi connectivity index (χ3v) is 4.38. The Morgan fingerprint density at radius 3 is 2.84 bits per heavy atom. The summed E-state index contributed by atoms with van der Waals surface area (Å²) in [5.41, 5.74) is 9.93. The second-order valence-corrected chi connectivity index (χ2v) is 5.57. The fraction of sp³-hybridized carbons (Fsp3) is 0.0714. The minimum absolute atomic E-state index is 0.448. The van der Waals surface area contributed by atoms with E-state index in [1.807, 2.05) is 41.8 Å². The molecular formula is C14H11BrClN3. The molecule has 1 heterocycles. The van der Waals surface area contributed by atoms with E-state index in [2.05, 4.69) is 27.0 Å². The van der Waals surface area contributed by atoms with Crippen LogP contribution in [-0.4, -0.2) is 9.55 Å². The molecule has 0 radical (unpaired) electrons. The normalized spacial score (nSPS) is 11.1. The lowest BCUT2D eigenvalue weighted by molar-refractivity contribution is 1.10. The van der Waals surface area contributed by atoms with Crippen LogP contribution in [0.25, 0.3) is 16.7 Å². The highest BCUT2D eigenvalue weighted by atomic mass is 79.9. The maximum atomic E-state index is 6.14. The molecule has 3 aromatic rings. The number of hydrogen-bond donors (Lipinski definition) is 1. The number of halogens is 2. The molecule has 1 aromatic heterocycles. The number of benzene rings is 2. The molecule has 3 nitrogen and oxygen atoms in total. The topological polar surface area (TPSA) is 43.8 Å². The van der Waals surface area contributed by atoms with E-state index in [-0.39, 0.29) is 0 Å².